The number of nitrogens with zero attached hydrogens (tertiary/aromatic N) is 1. The van der Waals surface area contributed by atoms with Gasteiger partial charge in [0.15, 0.2) is 0 Å². The molecular formula is C21H24N2O6S. The number of amides is 2. The van der Waals surface area contributed by atoms with Crippen LogP contribution in [0.25, 0.3) is 0 Å². The number of hydrogen-bond acceptors (Lipinski definition) is 7. The minimum absolute atomic E-state index is 0.226. The number of hydrogen-bond donors (Lipinski definition) is 1. The van der Waals surface area contributed by atoms with E-state index in [4.69, 9.17) is 14.2 Å². The van der Waals surface area contributed by atoms with Crippen LogP contribution < -0.4 is 10.1 Å². The summed E-state index contributed by atoms with van der Waals surface area (Å²) >= 11 is 1.28. The van der Waals surface area contributed by atoms with Crippen molar-refractivity contribution in [2.75, 3.05) is 32.2 Å². The molecule has 1 aliphatic heterocycles. The molecular weight excluding hydrogens is 408 g/mol. The minimum atomic E-state index is -0.482. The predicted octanol–water partition coefficient (Wildman–Crippen LogP) is 3.70. The first-order valence-electron chi connectivity index (χ1n) is 9.67. The first-order chi connectivity index (χ1) is 14.5. The molecule has 0 unspecified atom stereocenters. The minimum Gasteiger partial charge on any atom is -0.497 e. The molecule has 30 heavy (non-hydrogen) atoms. The maximum Gasteiger partial charge on any atom is 0.410 e. The van der Waals surface area contributed by atoms with Crippen LogP contribution in [0, 0.1) is 0 Å². The molecule has 8 nitrogen and oxygen atoms in total. The lowest BCUT2D eigenvalue weighted by atomic mass is 10.0. The molecule has 0 fully saturated rings. The fourth-order valence-corrected chi connectivity index (χ4v) is 4.45. The van der Waals surface area contributed by atoms with Crippen molar-refractivity contribution in [1.82, 2.24) is 4.90 Å². The van der Waals surface area contributed by atoms with Gasteiger partial charge in [0, 0.05) is 17.0 Å². The molecule has 160 valence electrons. The fourth-order valence-electron chi connectivity index (χ4n) is 3.20. The monoisotopic (exact) mass is 432 g/mol. The number of ether oxygens (including phenoxy) is 3. The van der Waals surface area contributed by atoms with Crippen LogP contribution in [-0.4, -0.2) is 49.7 Å². The molecule has 0 saturated heterocycles. The zero-order valence-electron chi connectivity index (χ0n) is 17.1. The summed E-state index contributed by atoms with van der Waals surface area (Å²) in [6, 6.07) is 6.68. The molecule has 9 heteroatoms. The van der Waals surface area contributed by atoms with E-state index in [0.717, 1.165) is 10.4 Å². The molecule has 0 radical (unpaired) electrons. The van der Waals surface area contributed by atoms with Gasteiger partial charge in [-0.1, -0.05) is 0 Å². The highest BCUT2D eigenvalue weighted by Gasteiger charge is 2.31. The Kier molecular flexibility index (Phi) is 6.94. The van der Waals surface area contributed by atoms with Crippen LogP contribution >= 0.6 is 11.3 Å². The van der Waals surface area contributed by atoms with Gasteiger partial charge in [0.25, 0.3) is 5.91 Å². The zero-order chi connectivity index (χ0) is 21.7. The number of carbonyl (C=O) groups is 3. The molecule has 1 aromatic carbocycles. The third-order valence-corrected chi connectivity index (χ3v) is 5.77. The first-order valence-corrected chi connectivity index (χ1v) is 10.5. The molecule has 1 N–H and O–H groups in total. The third-order valence-electron chi connectivity index (χ3n) is 4.64. The van der Waals surface area contributed by atoms with E-state index in [2.05, 4.69) is 5.32 Å². The molecule has 2 aromatic rings. The summed E-state index contributed by atoms with van der Waals surface area (Å²) in [7, 11) is 1.55. The third kappa shape index (κ3) is 4.56. The maximum absolute atomic E-state index is 12.7. The Morgan fingerprint density at radius 2 is 1.80 bits per heavy atom. The van der Waals surface area contributed by atoms with Gasteiger partial charge < -0.3 is 24.4 Å². The second kappa shape index (κ2) is 9.62. The lowest BCUT2D eigenvalue weighted by molar-refractivity contribution is 0.0526. The number of esters is 1. The molecule has 0 aliphatic carbocycles. The lowest BCUT2D eigenvalue weighted by Gasteiger charge is -2.26. The van der Waals surface area contributed by atoms with E-state index in [-0.39, 0.29) is 12.5 Å². The summed E-state index contributed by atoms with van der Waals surface area (Å²) in [5, 5.41) is 3.25. The van der Waals surface area contributed by atoms with Crippen LogP contribution in [0.3, 0.4) is 0 Å². The Bertz CT molecular complexity index is 938. The molecule has 0 spiro atoms. The summed E-state index contributed by atoms with van der Waals surface area (Å²) in [5.74, 6) is -0.182. The van der Waals surface area contributed by atoms with Crippen LogP contribution in [-0.2, 0) is 22.4 Å². The molecule has 3 rings (SSSR count). The average Bonchev–Trinajstić information content (AvgIpc) is 3.11. The Morgan fingerprint density at radius 3 is 2.43 bits per heavy atom. The topological polar surface area (TPSA) is 94.2 Å². The second-order valence-corrected chi connectivity index (χ2v) is 7.59. The van der Waals surface area contributed by atoms with Crippen LogP contribution in [0.15, 0.2) is 24.3 Å². The van der Waals surface area contributed by atoms with Gasteiger partial charge in [0.05, 0.1) is 32.4 Å². The van der Waals surface area contributed by atoms with Crippen molar-refractivity contribution in [3.05, 3.63) is 45.8 Å². The maximum atomic E-state index is 12.7. The standard InChI is InChI=1S/C21H24N2O6S/c1-4-28-20(25)17-15-10-11-23(21(26)29-5-2)12-16(15)30-19(17)22-18(24)13-6-8-14(27-3)9-7-13/h6-9H,4-5,10-12H2,1-3H3,(H,22,24). The molecule has 1 aromatic heterocycles. The van der Waals surface area contributed by atoms with Gasteiger partial charge in [-0.15, -0.1) is 11.3 Å². The van der Waals surface area contributed by atoms with E-state index in [1.54, 1.807) is 50.1 Å². The van der Waals surface area contributed by atoms with E-state index in [1.807, 2.05) is 0 Å². The van der Waals surface area contributed by atoms with Gasteiger partial charge in [-0.3, -0.25) is 4.79 Å². The largest absolute Gasteiger partial charge is 0.497 e. The van der Waals surface area contributed by atoms with E-state index in [0.29, 0.717) is 48.0 Å². The molecule has 0 bridgehead atoms. The SMILES string of the molecule is CCOC(=O)c1c(NC(=O)c2ccc(OC)cc2)sc2c1CCN(C(=O)OCC)C2. The number of nitrogens with one attached hydrogen (secondary N) is 1. The Morgan fingerprint density at radius 1 is 1.10 bits per heavy atom. The van der Waals surface area contributed by atoms with Crippen LogP contribution in [0.2, 0.25) is 0 Å². The molecule has 0 saturated carbocycles. The summed E-state index contributed by atoms with van der Waals surface area (Å²) in [4.78, 5) is 39.9. The smallest absolute Gasteiger partial charge is 0.410 e. The Hall–Kier alpha value is -3.07. The number of anilines is 1. The van der Waals surface area contributed by atoms with E-state index in [9.17, 15) is 14.4 Å². The van der Waals surface area contributed by atoms with Crippen molar-refractivity contribution >= 4 is 34.3 Å². The van der Waals surface area contributed by atoms with Gasteiger partial charge >= 0.3 is 12.1 Å². The Labute approximate surface area is 178 Å². The first kappa shape index (κ1) is 21.6. The number of benzene rings is 1. The predicted molar refractivity (Wildman–Crippen MR) is 112 cm³/mol. The lowest BCUT2D eigenvalue weighted by Crippen LogP contribution is -2.36. The molecule has 1 aliphatic rings. The van der Waals surface area contributed by atoms with Crippen LogP contribution in [0.5, 0.6) is 5.75 Å². The van der Waals surface area contributed by atoms with Crippen molar-refractivity contribution in [2.45, 2.75) is 26.8 Å². The van der Waals surface area contributed by atoms with Gasteiger partial charge in [-0.05, 0) is 50.1 Å². The van der Waals surface area contributed by atoms with Crippen molar-refractivity contribution in [3.8, 4) is 5.75 Å². The highest BCUT2D eigenvalue weighted by Crippen LogP contribution is 2.38. The summed E-state index contributed by atoms with van der Waals surface area (Å²) < 4.78 is 15.4. The summed E-state index contributed by atoms with van der Waals surface area (Å²) in [6.45, 7) is 4.76. The average molecular weight is 432 g/mol. The van der Waals surface area contributed by atoms with Crippen molar-refractivity contribution in [2.24, 2.45) is 0 Å². The number of thiophene rings is 1. The van der Waals surface area contributed by atoms with E-state index >= 15 is 0 Å². The summed E-state index contributed by atoms with van der Waals surface area (Å²) in [5.41, 5.74) is 1.61. The van der Waals surface area contributed by atoms with Gasteiger partial charge in [0.2, 0.25) is 0 Å². The molecule has 2 amide bonds. The Balaban J connectivity index is 1.88. The quantitative estimate of drug-likeness (QED) is 0.700. The van der Waals surface area contributed by atoms with Crippen LogP contribution in [0.1, 0.15) is 45.0 Å². The zero-order valence-corrected chi connectivity index (χ0v) is 18.0. The molecule has 0 atom stereocenters. The van der Waals surface area contributed by atoms with Gasteiger partial charge in [-0.2, -0.15) is 0 Å². The van der Waals surface area contributed by atoms with Gasteiger partial charge in [-0.25, -0.2) is 9.59 Å². The molecule has 2 heterocycles. The van der Waals surface area contributed by atoms with Gasteiger partial charge in [0.1, 0.15) is 10.8 Å². The number of rotatable bonds is 6. The van der Waals surface area contributed by atoms with Crippen molar-refractivity contribution < 1.29 is 28.6 Å². The highest BCUT2D eigenvalue weighted by atomic mass is 32.1. The number of carbonyl (C=O) groups excluding carboxylic acids is 3. The van der Waals surface area contributed by atoms with E-state index in [1.165, 1.54) is 11.3 Å². The van der Waals surface area contributed by atoms with Crippen LogP contribution in [0.4, 0.5) is 9.80 Å². The number of fused-ring (bicyclic) bond motifs is 1. The number of methoxy groups -OCH3 is 1. The highest BCUT2D eigenvalue weighted by molar-refractivity contribution is 7.17. The van der Waals surface area contributed by atoms with E-state index < -0.39 is 12.1 Å². The second-order valence-electron chi connectivity index (χ2n) is 6.48. The fraction of sp³-hybridized carbons (Fsp3) is 0.381. The normalized spacial score (nSPS) is 12.7. The van der Waals surface area contributed by atoms with Crippen molar-refractivity contribution in [3.63, 3.8) is 0 Å². The van der Waals surface area contributed by atoms with Crippen molar-refractivity contribution in [1.29, 1.82) is 0 Å². The summed E-state index contributed by atoms with van der Waals surface area (Å²) in [6.07, 6.45) is 0.0926.